The van der Waals surface area contributed by atoms with Crippen molar-refractivity contribution in [1.29, 1.82) is 0 Å². The number of carbonyl (C=O) groups excluding carboxylic acids is 2. The summed E-state index contributed by atoms with van der Waals surface area (Å²) >= 11 is 0. The first-order valence-corrected chi connectivity index (χ1v) is 11.3. The Morgan fingerprint density at radius 2 is 1.69 bits per heavy atom. The zero-order valence-electron chi connectivity index (χ0n) is 20.5. The van der Waals surface area contributed by atoms with Gasteiger partial charge in [-0.15, -0.1) is 0 Å². The second kappa shape index (κ2) is 10.3. The summed E-state index contributed by atoms with van der Waals surface area (Å²) in [6, 6.07) is 14.0. The monoisotopic (exact) mass is 482 g/mol. The van der Waals surface area contributed by atoms with E-state index in [-0.39, 0.29) is 11.9 Å². The molecule has 3 aromatic heterocycles. The van der Waals surface area contributed by atoms with Crippen LogP contribution >= 0.6 is 0 Å². The molecule has 0 unspecified atom stereocenters. The molecule has 9 heteroatoms. The summed E-state index contributed by atoms with van der Waals surface area (Å²) in [5.41, 5.74) is 2.75. The summed E-state index contributed by atoms with van der Waals surface area (Å²) in [6.45, 7) is 7.21. The number of aryl methyl sites for hydroxylation is 1. The Bertz CT molecular complexity index is 1370. The van der Waals surface area contributed by atoms with Gasteiger partial charge in [0.05, 0.1) is 16.9 Å². The number of nitrogens with zero attached hydrogens (tertiary/aromatic N) is 5. The fourth-order valence-corrected chi connectivity index (χ4v) is 3.35. The van der Waals surface area contributed by atoms with Gasteiger partial charge in [-0.05, 0) is 75.7 Å². The molecule has 4 rings (SSSR count). The maximum Gasteiger partial charge on any atom is 0.421 e. The highest BCUT2D eigenvalue weighted by Crippen LogP contribution is 2.32. The maximum atomic E-state index is 13.4. The van der Waals surface area contributed by atoms with Crippen molar-refractivity contribution < 1.29 is 14.3 Å². The van der Waals surface area contributed by atoms with Gasteiger partial charge in [-0.3, -0.25) is 14.8 Å². The quantitative estimate of drug-likeness (QED) is 0.396. The van der Waals surface area contributed by atoms with E-state index in [2.05, 4.69) is 25.3 Å². The van der Waals surface area contributed by atoms with Crippen LogP contribution in [0.2, 0.25) is 0 Å². The largest absolute Gasteiger partial charge is 0.443 e. The minimum absolute atomic E-state index is 0.129. The number of rotatable bonds is 5. The number of anilines is 3. The number of benzene rings is 1. The molecule has 36 heavy (non-hydrogen) atoms. The van der Waals surface area contributed by atoms with Crippen molar-refractivity contribution >= 4 is 29.3 Å². The maximum absolute atomic E-state index is 13.4. The van der Waals surface area contributed by atoms with Gasteiger partial charge in [0.1, 0.15) is 5.60 Å². The highest BCUT2D eigenvalue weighted by atomic mass is 16.6. The lowest BCUT2D eigenvalue weighted by Crippen LogP contribution is -2.35. The lowest BCUT2D eigenvalue weighted by Gasteiger charge is -2.27. The molecule has 0 radical (unpaired) electrons. The third-order valence-electron chi connectivity index (χ3n) is 5.01. The van der Waals surface area contributed by atoms with E-state index >= 15 is 0 Å². The van der Waals surface area contributed by atoms with Crippen LogP contribution < -0.4 is 10.2 Å². The molecule has 0 aliphatic rings. The summed E-state index contributed by atoms with van der Waals surface area (Å²) in [5, 5.41) is 2.85. The van der Waals surface area contributed by atoms with Crippen molar-refractivity contribution in [3.05, 3.63) is 90.6 Å². The van der Waals surface area contributed by atoms with Crippen molar-refractivity contribution in [2.24, 2.45) is 0 Å². The summed E-state index contributed by atoms with van der Waals surface area (Å²) in [6.07, 6.45) is 7.36. The minimum Gasteiger partial charge on any atom is -0.443 e. The highest BCUT2D eigenvalue weighted by Gasteiger charge is 2.28. The Kier molecular flexibility index (Phi) is 7.00. The zero-order chi connectivity index (χ0) is 25.7. The molecule has 182 valence electrons. The van der Waals surface area contributed by atoms with E-state index < -0.39 is 11.7 Å². The topological polar surface area (TPSA) is 110 Å². The van der Waals surface area contributed by atoms with Crippen LogP contribution in [0.4, 0.5) is 22.1 Å². The van der Waals surface area contributed by atoms with E-state index in [1.165, 1.54) is 11.1 Å². The number of carbonyl (C=O) groups is 2. The standard InChI is InChI=1S/C27H26N6O3/c1-18-9-10-21(31-24(34)20-8-6-13-29-17-20)15-23(18)33(26(35)36-27(2,3)4)25-30-14-11-22(32-25)19-7-5-12-28-16-19/h5-17H,1-4H3,(H,31,34). The summed E-state index contributed by atoms with van der Waals surface area (Å²) in [7, 11) is 0. The predicted molar refractivity (Wildman–Crippen MR) is 137 cm³/mol. The molecule has 4 aromatic rings. The Labute approximate surface area is 209 Å². The van der Waals surface area contributed by atoms with Gasteiger partial charge < -0.3 is 10.1 Å². The zero-order valence-corrected chi connectivity index (χ0v) is 20.5. The van der Waals surface area contributed by atoms with E-state index in [0.717, 1.165) is 11.1 Å². The fraction of sp³-hybridized carbons (Fsp3) is 0.185. The molecule has 0 aliphatic heterocycles. The predicted octanol–water partition coefficient (Wildman–Crippen LogP) is 5.57. The number of nitrogens with one attached hydrogen (secondary N) is 1. The average molecular weight is 483 g/mol. The Balaban J connectivity index is 1.76. The molecule has 0 spiro atoms. The first-order chi connectivity index (χ1) is 17.2. The molecule has 0 saturated carbocycles. The molecule has 3 heterocycles. The van der Waals surface area contributed by atoms with Crippen LogP contribution in [0.1, 0.15) is 36.7 Å². The Morgan fingerprint density at radius 3 is 2.36 bits per heavy atom. The lowest BCUT2D eigenvalue weighted by atomic mass is 10.1. The van der Waals surface area contributed by atoms with E-state index in [0.29, 0.717) is 22.6 Å². The van der Waals surface area contributed by atoms with Gasteiger partial charge in [0.2, 0.25) is 5.95 Å². The fourth-order valence-electron chi connectivity index (χ4n) is 3.35. The third-order valence-corrected chi connectivity index (χ3v) is 5.01. The van der Waals surface area contributed by atoms with Crippen LogP contribution in [0.5, 0.6) is 0 Å². The first-order valence-electron chi connectivity index (χ1n) is 11.3. The van der Waals surface area contributed by atoms with Crippen LogP contribution in [0.3, 0.4) is 0 Å². The van der Waals surface area contributed by atoms with Crippen molar-refractivity contribution in [2.45, 2.75) is 33.3 Å². The van der Waals surface area contributed by atoms with Crippen LogP contribution in [0, 0.1) is 6.92 Å². The van der Waals surface area contributed by atoms with Crippen molar-refractivity contribution in [3.8, 4) is 11.3 Å². The summed E-state index contributed by atoms with van der Waals surface area (Å²) in [5.74, 6) is -0.194. The van der Waals surface area contributed by atoms with Crippen LogP contribution in [-0.2, 0) is 4.74 Å². The molecule has 0 fully saturated rings. The van der Waals surface area contributed by atoms with E-state index in [9.17, 15) is 9.59 Å². The molecule has 1 aromatic carbocycles. The third kappa shape index (κ3) is 5.87. The molecule has 2 amide bonds. The summed E-state index contributed by atoms with van der Waals surface area (Å²) in [4.78, 5) is 44.6. The van der Waals surface area contributed by atoms with Crippen molar-refractivity contribution in [2.75, 3.05) is 10.2 Å². The van der Waals surface area contributed by atoms with Gasteiger partial charge in [-0.1, -0.05) is 6.07 Å². The van der Waals surface area contributed by atoms with Gasteiger partial charge in [-0.2, -0.15) is 0 Å². The molecule has 0 saturated heterocycles. The van der Waals surface area contributed by atoms with Gasteiger partial charge in [0.25, 0.3) is 5.91 Å². The number of hydrogen-bond donors (Lipinski definition) is 1. The van der Waals surface area contributed by atoms with Crippen LogP contribution in [0.15, 0.2) is 79.5 Å². The van der Waals surface area contributed by atoms with Gasteiger partial charge in [0, 0.05) is 42.2 Å². The van der Waals surface area contributed by atoms with E-state index in [1.807, 2.05) is 13.0 Å². The highest BCUT2D eigenvalue weighted by molar-refractivity contribution is 6.05. The van der Waals surface area contributed by atoms with Gasteiger partial charge >= 0.3 is 6.09 Å². The Morgan fingerprint density at radius 1 is 0.944 bits per heavy atom. The second-order valence-corrected chi connectivity index (χ2v) is 9.00. The molecule has 9 nitrogen and oxygen atoms in total. The lowest BCUT2D eigenvalue weighted by molar-refractivity contribution is 0.0597. The number of pyridine rings is 2. The Hall–Kier alpha value is -4.66. The second-order valence-electron chi connectivity index (χ2n) is 9.00. The smallest absolute Gasteiger partial charge is 0.421 e. The SMILES string of the molecule is Cc1ccc(NC(=O)c2cccnc2)cc1N(C(=O)OC(C)(C)C)c1nccc(-c2cccnc2)n1. The number of hydrogen-bond acceptors (Lipinski definition) is 7. The molecule has 0 aliphatic carbocycles. The molecular formula is C27H26N6O3. The molecule has 0 atom stereocenters. The van der Waals surface area contributed by atoms with Crippen molar-refractivity contribution in [1.82, 2.24) is 19.9 Å². The normalized spacial score (nSPS) is 11.0. The molecule has 0 bridgehead atoms. The van der Waals surface area contributed by atoms with Crippen molar-refractivity contribution in [3.63, 3.8) is 0 Å². The number of aromatic nitrogens is 4. The first kappa shape index (κ1) is 24.5. The molecular weight excluding hydrogens is 456 g/mol. The van der Waals surface area contributed by atoms with Gasteiger partial charge in [0.15, 0.2) is 0 Å². The number of ether oxygens (including phenoxy) is 1. The summed E-state index contributed by atoms with van der Waals surface area (Å²) < 4.78 is 5.70. The van der Waals surface area contributed by atoms with Gasteiger partial charge in [-0.25, -0.2) is 19.7 Å². The van der Waals surface area contributed by atoms with E-state index in [1.54, 1.807) is 88.0 Å². The van der Waals surface area contributed by atoms with Crippen LogP contribution in [-0.4, -0.2) is 37.5 Å². The van der Waals surface area contributed by atoms with E-state index in [4.69, 9.17) is 4.74 Å². The number of amides is 2. The minimum atomic E-state index is -0.754. The average Bonchev–Trinajstić information content (AvgIpc) is 2.86. The van der Waals surface area contributed by atoms with Crippen LogP contribution in [0.25, 0.3) is 11.3 Å². The molecule has 1 N–H and O–H groups in total.